The predicted octanol–water partition coefficient (Wildman–Crippen LogP) is 1.81. The summed E-state index contributed by atoms with van der Waals surface area (Å²) in [5, 5.41) is 9.10. The number of nitrogens with two attached hydrogens (primary N) is 1. The van der Waals surface area contributed by atoms with Gasteiger partial charge >= 0.3 is 0 Å². The first-order valence-electron chi connectivity index (χ1n) is 6.10. The second kappa shape index (κ2) is 5.63. The number of hydrogen-bond donors (Lipinski definition) is 2. The minimum atomic E-state index is -0.401. The summed E-state index contributed by atoms with van der Waals surface area (Å²) in [6, 6.07) is 5.27. The minimum Gasteiger partial charge on any atom is -0.395 e. The van der Waals surface area contributed by atoms with Gasteiger partial charge in [0.1, 0.15) is 10.8 Å². The van der Waals surface area contributed by atoms with E-state index < -0.39 is 5.82 Å². The van der Waals surface area contributed by atoms with Crippen molar-refractivity contribution in [3.8, 4) is 0 Å². The molecule has 1 fully saturated rings. The smallest absolute Gasteiger partial charge is 0.135 e. The van der Waals surface area contributed by atoms with Crippen LogP contribution in [0.15, 0.2) is 18.2 Å². The summed E-state index contributed by atoms with van der Waals surface area (Å²) < 4.78 is 13.8. The third kappa shape index (κ3) is 2.62. The number of aliphatic hydroxyl groups excluding tert-OH is 1. The first-order valence-corrected chi connectivity index (χ1v) is 6.51. The van der Waals surface area contributed by atoms with Crippen LogP contribution >= 0.6 is 12.2 Å². The molecule has 98 valence electrons. The quantitative estimate of drug-likeness (QED) is 0.800. The summed E-state index contributed by atoms with van der Waals surface area (Å²) in [7, 11) is 0. The van der Waals surface area contributed by atoms with E-state index in [1.807, 2.05) is 6.07 Å². The lowest BCUT2D eigenvalue weighted by Gasteiger charge is -2.39. The number of hydrogen-bond acceptors (Lipinski definition) is 3. The predicted molar refractivity (Wildman–Crippen MR) is 74.4 cm³/mol. The average Bonchev–Trinajstić information content (AvgIpc) is 2.25. The van der Waals surface area contributed by atoms with Crippen LogP contribution in [0.1, 0.15) is 24.8 Å². The molecule has 3 nitrogen and oxygen atoms in total. The Balaban J connectivity index is 2.24. The number of rotatable bonds is 5. The van der Waals surface area contributed by atoms with Crippen LogP contribution in [0, 0.1) is 5.82 Å². The molecular weight excluding hydrogens is 251 g/mol. The molecule has 1 aromatic carbocycles. The Morgan fingerprint density at radius 1 is 1.50 bits per heavy atom. The lowest BCUT2D eigenvalue weighted by Crippen LogP contribution is -2.42. The van der Waals surface area contributed by atoms with Crippen molar-refractivity contribution >= 4 is 22.9 Å². The van der Waals surface area contributed by atoms with Crippen LogP contribution in [-0.4, -0.2) is 29.3 Å². The van der Waals surface area contributed by atoms with Crippen LogP contribution in [0.25, 0.3) is 0 Å². The molecule has 1 aliphatic rings. The van der Waals surface area contributed by atoms with Gasteiger partial charge in [0.25, 0.3) is 0 Å². The van der Waals surface area contributed by atoms with Crippen molar-refractivity contribution in [2.24, 2.45) is 5.73 Å². The SMILES string of the molecule is NC(=S)c1ccc(N(CCO)C2CCC2)cc1F. The van der Waals surface area contributed by atoms with E-state index in [0.717, 1.165) is 18.5 Å². The van der Waals surface area contributed by atoms with Crippen molar-refractivity contribution in [3.63, 3.8) is 0 Å². The zero-order valence-electron chi connectivity index (χ0n) is 10.1. The molecule has 5 heteroatoms. The maximum Gasteiger partial charge on any atom is 0.135 e. The molecular formula is C13H17FN2OS. The van der Waals surface area contributed by atoms with Crippen molar-refractivity contribution in [1.29, 1.82) is 0 Å². The summed E-state index contributed by atoms with van der Waals surface area (Å²) in [4.78, 5) is 2.12. The van der Waals surface area contributed by atoms with Gasteiger partial charge in [-0.05, 0) is 37.5 Å². The lowest BCUT2D eigenvalue weighted by atomic mass is 9.91. The number of aliphatic hydroxyl groups is 1. The Kier molecular flexibility index (Phi) is 4.14. The standard InChI is InChI=1S/C13H17FN2OS/c14-12-8-10(4-5-11(12)13(15)18)16(6-7-17)9-2-1-3-9/h4-5,8-9,17H,1-3,6-7H2,(H2,15,18). The van der Waals surface area contributed by atoms with Crippen LogP contribution in [0.5, 0.6) is 0 Å². The highest BCUT2D eigenvalue weighted by molar-refractivity contribution is 7.80. The van der Waals surface area contributed by atoms with E-state index in [1.165, 1.54) is 12.5 Å². The second-order valence-electron chi connectivity index (χ2n) is 4.53. The second-order valence-corrected chi connectivity index (χ2v) is 4.97. The van der Waals surface area contributed by atoms with Gasteiger partial charge in [0.05, 0.1) is 6.61 Å². The molecule has 0 aromatic heterocycles. The molecule has 0 radical (unpaired) electrons. The lowest BCUT2D eigenvalue weighted by molar-refractivity contribution is 0.283. The minimum absolute atomic E-state index is 0.0647. The molecule has 0 spiro atoms. The van der Waals surface area contributed by atoms with Crippen LogP contribution in [0.4, 0.5) is 10.1 Å². The molecule has 3 N–H and O–H groups in total. The van der Waals surface area contributed by atoms with E-state index in [0.29, 0.717) is 12.6 Å². The van der Waals surface area contributed by atoms with Crippen molar-refractivity contribution in [1.82, 2.24) is 0 Å². The average molecular weight is 268 g/mol. The van der Waals surface area contributed by atoms with Gasteiger partial charge in [-0.2, -0.15) is 0 Å². The highest BCUT2D eigenvalue weighted by atomic mass is 32.1. The Hall–Kier alpha value is -1.20. The summed E-state index contributed by atoms with van der Waals surface area (Å²) in [6.45, 7) is 0.589. The zero-order chi connectivity index (χ0) is 13.1. The Morgan fingerprint density at radius 2 is 2.22 bits per heavy atom. The Morgan fingerprint density at radius 3 is 2.67 bits per heavy atom. The summed E-state index contributed by atoms with van der Waals surface area (Å²) >= 11 is 4.78. The monoisotopic (exact) mass is 268 g/mol. The highest BCUT2D eigenvalue weighted by Crippen LogP contribution is 2.30. The van der Waals surface area contributed by atoms with Gasteiger partial charge in [-0.1, -0.05) is 12.2 Å². The van der Waals surface area contributed by atoms with E-state index in [4.69, 9.17) is 23.1 Å². The first kappa shape index (κ1) is 13.2. The van der Waals surface area contributed by atoms with Crippen molar-refractivity contribution < 1.29 is 9.50 Å². The third-order valence-corrected chi connectivity index (χ3v) is 3.63. The van der Waals surface area contributed by atoms with Gasteiger partial charge < -0.3 is 15.7 Å². The van der Waals surface area contributed by atoms with E-state index >= 15 is 0 Å². The van der Waals surface area contributed by atoms with Crippen LogP contribution < -0.4 is 10.6 Å². The van der Waals surface area contributed by atoms with Gasteiger partial charge in [-0.15, -0.1) is 0 Å². The molecule has 0 bridgehead atoms. The largest absolute Gasteiger partial charge is 0.395 e. The third-order valence-electron chi connectivity index (χ3n) is 3.41. The number of benzene rings is 1. The van der Waals surface area contributed by atoms with Gasteiger partial charge in [0.2, 0.25) is 0 Å². The summed E-state index contributed by atoms with van der Waals surface area (Å²) in [5.41, 5.74) is 6.49. The molecule has 2 rings (SSSR count). The zero-order valence-corrected chi connectivity index (χ0v) is 10.9. The molecule has 0 amide bonds. The molecule has 0 saturated heterocycles. The first-order chi connectivity index (χ1) is 8.63. The van der Waals surface area contributed by atoms with Crippen LogP contribution in [0.3, 0.4) is 0 Å². The summed E-state index contributed by atoms with van der Waals surface area (Å²) in [6.07, 6.45) is 3.39. The fraction of sp³-hybridized carbons (Fsp3) is 0.462. The molecule has 1 aliphatic carbocycles. The van der Waals surface area contributed by atoms with Gasteiger partial charge in [-0.3, -0.25) is 0 Å². The maximum absolute atomic E-state index is 13.8. The fourth-order valence-corrected chi connectivity index (χ4v) is 2.38. The van der Waals surface area contributed by atoms with Crippen molar-refractivity contribution in [2.75, 3.05) is 18.1 Å². The Bertz CT molecular complexity index is 449. The molecule has 0 aliphatic heterocycles. The molecule has 18 heavy (non-hydrogen) atoms. The molecule has 1 aromatic rings. The molecule has 0 unspecified atom stereocenters. The van der Waals surface area contributed by atoms with Gasteiger partial charge in [0.15, 0.2) is 0 Å². The normalized spacial score (nSPS) is 15.2. The number of halogens is 1. The van der Waals surface area contributed by atoms with E-state index in [9.17, 15) is 4.39 Å². The number of thiocarbonyl (C=S) groups is 1. The molecule has 1 saturated carbocycles. The number of anilines is 1. The van der Waals surface area contributed by atoms with Crippen molar-refractivity contribution in [2.45, 2.75) is 25.3 Å². The van der Waals surface area contributed by atoms with Gasteiger partial charge in [-0.25, -0.2) is 4.39 Å². The van der Waals surface area contributed by atoms with Crippen LogP contribution in [0.2, 0.25) is 0 Å². The Labute approximate surface area is 111 Å². The number of nitrogens with zero attached hydrogens (tertiary/aromatic N) is 1. The van der Waals surface area contributed by atoms with E-state index in [2.05, 4.69) is 4.90 Å². The van der Waals surface area contributed by atoms with Gasteiger partial charge in [0, 0.05) is 23.8 Å². The topological polar surface area (TPSA) is 49.5 Å². The maximum atomic E-state index is 13.8. The molecule has 0 heterocycles. The van der Waals surface area contributed by atoms with Crippen molar-refractivity contribution in [3.05, 3.63) is 29.6 Å². The highest BCUT2D eigenvalue weighted by Gasteiger charge is 2.25. The van der Waals surface area contributed by atoms with E-state index in [1.54, 1.807) is 6.07 Å². The fourth-order valence-electron chi connectivity index (χ4n) is 2.21. The van der Waals surface area contributed by atoms with E-state index in [-0.39, 0.29) is 17.2 Å². The molecule has 0 atom stereocenters. The van der Waals surface area contributed by atoms with Crippen LogP contribution in [-0.2, 0) is 0 Å². The summed E-state index contributed by atoms with van der Waals surface area (Å²) in [5.74, 6) is -0.401.